The van der Waals surface area contributed by atoms with E-state index in [1.807, 2.05) is 30.3 Å². The molecule has 1 aliphatic carbocycles. The molecule has 2 aromatic carbocycles. The van der Waals surface area contributed by atoms with Crippen LogP contribution in [0, 0.1) is 0 Å². The van der Waals surface area contributed by atoms with Crippen LogP contribution < -0.4 is 0 Å². The van der Waals surface area contributed by atoms with Gasteiger partial charge in [-0.25, -0.2) is 4.99 Å². The largest absolute Gasteiger partial charge is 0.355 e. The van der Waals surface area contributed by atoms with E-state index in [1.54, 1.807) is 0 Å². The fourth-order valence-corrected chi connectivity index (χ4v) is 5.40. The van der Waals surface area contributed by atoms with Crippen molar-refractivity contribution < 1.29 is 0 Å². The third-order valence-electron chi connectivity index (χ3n) is 7.13. The predicted molar refractivity (Wildman–Crippen MR) is 134 cm³/mol. The highest BCUT2D eigenvalue weighted by Crippen LogP contribution is 2.37. The minimum atomic E-state index is 0.634. The highest BCUT2D eigenvalue weighted by Gasteiger charge is 2.24. The Kier molecular flexibility index (Phi) is 5.17. The molecule has 0 saturated heterocycles. The van der Waals surface area contributed by atoms with E-state index in [0.29, 0.717) is 6.04 Å². The lowest BCUT2D eigenvalue weighted by molar-refractivity contribution is 0.242. The van der Waals surface area contributed by atoms with Crippen LogP contribution in [-0.2, 0) is 20.0 Å². The Morgan fingerprint density at radius 3 is 2.58 bits per heavy atom. The molecule has 0 unspecified atom stereocenters. The predicted octanol–water partition coefficient (Wildman–Crippen LogP) is 6.03. The van der Waals surface area contributed by atoms with Crippen molar-refractivity contribution in [2.24, 2.45) is 12.0 Å². The first kappa shape index (κ1) is 20.2. The minimum absolute atomic E-state index is 0.634. The van der Waals surface area contributed by atoms with E-state index < -0.39 is 0 Å². The third-order valence-corrected chi connectivity index (χ3v) is 7.13. The molecular weight excluding hydrogens is 406 g/mol. The van der Waals surface area contributed by atoms with Gasteiger partial charge in [0.15, 0.2) is 0 Å². The summed E-state index contributed by atoms with van der Waals surface area (Å²) in [5.74, 6) is 0. The SMILES string of the molecule is Cn1cc(-c2ccc(Cc3cc4c(c5ccccc35)N=CN(C3CCCCC3)C4)cn2)cn1. The average Bonchev–Trinajstić information content (AvgIpc) is 3.31. The number of benzene rings is 2. The van der Waals surface area contributed by atoms with Gasteiger partial charge in [-0.3, -0.25) is 9.67 Å². The molecule has 33 heavy (non-hydrogen) atoms. The van der Waals surface area contributed by atoms with Crippen molar-refractivity contribution in [1.29, 1.82) is 0 Å². The van der Waals surface area contributed by atoms with Gasteiger partial charge in [0.25, 0.3) is 0 Å². The Labute approximate surface area is 194 Å². The lowest BCUT2D eigenvalue weighted by Crippen LogP contribution is -2.36. The summed E-state index contributed by atoms with van der Waals surface area (Å²) in [5.41, 5.74) is 7.06. The highest BCUT2D eigenvalue weighted by atomic mass is 15.2. The summed E-state index contributed by atoms with van der Waals surface area (Å²) in [6, 6.07) is 16.0. The van der Waals surface area contributed by atoms with Crippen LogP contribution in [0.25, 0.3) is 22.0 Å². The maximum Gasteiger partial charge on any atom is 0.0918 e. The van der Waals surface area contributed by atoms with Gasteiger partial charge < -0.3 is 4.90 Å². The van der Waals surface area contributed by atoms with Crippen molar-refractivity contribution in [1.82, 2.24) is 19.7 Å². The van der Waals surface area contributed by atoms with Gasteiger partial charge in [0.1, 0.15) is 0 Å². The van der Waals surface area contributed by atoms with Crippen LogP contribution in [-0.4, -0.2) is 32.0 Å². The lowest BCUT2D eigenvalue weighted by Gasteiger charge is -2.35. The molecule has 2 aliphatic rings. The molecule has 1 aliphatic heterocycles. The van der Waals surface area contributed by atoms with Crippen LogP contribution in [0.15, 0.2) is 66.0 Å². The summed E-state index contributed by atoms with van der Waals surface area (Å²) < 4.78 is 1.81. The second-order valence-electron chi connectivity index (χ2n) is 9.43. The number of pyridine rings is 1. The minimum Gasteiger partial charge on any atom is -0.355 e. The summed E-state index contributed by atoms with van der Waals surface area (Å²) >= 11 is 0. The molecule has 2 aromatic heterocycles. The van der Waals surface area contributed by atoms with E-state index in [9.17, 15) is 0 Å². The number of aryl methyl sites for hydroxylation is 1. The van der Waals surface area contributed by atoms with Gasteiger partial charge in [-0.15, -0.1) is 0 Å². The molecule has 5 nitrogen and oxygen atoms in total. The van der Waals surface area contributed by atoms with Gasteiger partial charge in [-0.1, -0.05) is 55.7 Å². The fourth-order valence-electron chi connectivity index (χ4n) is 5.40. The Balaban J connectivity index is 1.32. The van der Waals surface area contributed by atoms with Crippen LogP contribution in [0.2, 0.25) is 0 Å². The maximum atomic E-state index is 4.95. The molecule has 3 heterocycles. The molecular formula is C28H29N5. The smallest absolute Gasteiger partial charge is 0.0918 e. The van der Waals surface area contributed by atoms with Gasteiger partial charge in [0.05, 0.1) is 23.9 Å². The van der Waals surface area contributed by atoms with Crippen molar-refractivity contribution >= 4 is 22.8 Å². The molecule has 0 N–H and O–H groups in total. The van der Waals surface area contributed by atoms with Gasteiger partial charge >= 0.3 is 0 Å². The van der Waals surface area contributed by atoms with E-state index in [1.165, 1.54) is 59.6 Å². The zero-order chi connectivity index (χ0) is 22.2. The first-order valence-corrected chi connectivity index (χ1v) is 12.0. The third kappa shape index (κ3) is 3.92. The van der Waals surface area contributed by atoms with E-state index in [0.717, 1.165) is 29.9 Å². The number of hydrogen-bond donors (Lipinski definition) is 0. The molecule has 0 atom stereocenters. The number of fused-ring (bicyclic) bond motifs is 3. The Bertz CT molecular complexity index is 1310. The Morgan fingerprint density at radius 2 is 1.82 bits per heavy atom. The molecule has 166 valence electrons. The zero-order valence-corrected chi connectivity index (χ0v) is 19.1. The number of nitrogens with zero attached hydrogens (tertiary/aromatic N) is 5. The monoisotopic (exact) mass is 435 g/mol. The second kappa shape index (κ2) is 8.47. The summed E-state index contributed by atoms with van der Waals surface area (Å²) in [5, 5.41) is 6.80. The molecule has 0 spiro atoms. The number of hydrogen-bond acceptors (Lipinski definition) is 4. The summed E-state index contributed by atoms with van der Waals surface area (Å²) in [4.78, 5) is 12.1. The maximum absolute atomic E-state index is 4.95. The summed E-state index contributed by atoms with van der Waals surface area (Å²) in [7, 11) is 1.93. The van der Waals surface area contributed by atoms with Crippen LogP contribution in [0.3, 0.4) is 0 Å². The zero-order valence-electron chi connectivity index (χ0n) is 19.1. The van der Waals surface area contributed by atoms with Gasteiger partial charge in [0.2, 0.25) is 0 Å². The van der Waals surface area contributed by atoms with Crippen LogP contribution >= 0.6 is 0 Å². The molecule has 1 fully saturated rings. The lowest BCUT2D eigenvalue weighted by atomic mass is 9.91. The number of aromatic nitrogens is 3. The molecule has 1 saturated carbocycles. The normalized spacial score (nSPS) is 16.3. The van der Waals surface area contributed by atoms with E-state index in [2.05, 4.69) is 58.8 Å². The van der Waals surface area contributed by atoms with Crippen LogP contribution in [0.1, 0.15) is 48.8 Å². The molecule has 0 bridgehead atoms. The van der Waals surface area contributed by atoms with Crippen molar-refractivity contribution in [3.05, 3.63) is 77.7 Å². The van der Waals surface area contributed by atoms with Gasteiger partial charge in [-0.05, 0) is 47.4 Å². The molecule has 4 aromatic rings. The van der Waals surface area contributed by atoms with Crippen molar-refractivity contribution in [3.8, 4) is 11.3 Å². The van der Waals surface area contributed by atoms with Crippen molar-refractivity contribution in [3.63, 3.8) is 0 Å². The molecule has 6 rings (SSSR count). The second-order valence-corrected chi connectivity index (χ2v) is 9.43. The first-order valence-electron chi connectivity index (χ1n) is 12.0. The Hall–Kier alpha value is -3.47. The molecule has 0 amide bonds. The summed E-state index contributed by atoms with van der Waals surface area (Å²) in [6.07, 6.45) is 15.5. The summed E-state index contributed by atoms with van der Waals surface area (Å²) in [6.45, 7) is 0.958. The van der Waals surface area contributed by atoms with E-state index >= 15 is 0 Å². The quantitative estimate of drug-likeness (QED) is 0.393. The van der Waals surface area contributed by atoms with E-state index in [4.69, 9.17) is 9.98 Å². The number of rotatable bonds is 4. The van der Waals surface area contributed by atoms with E-state index in [-0.39, 0.29) is 0 Å². The first-order chi connectivity index (χ1) is 16.2. The molecule has 0 radical (unpaired) electrons. The average molecular weight is 436 g/mol. The van der Waals surface area contributed by atoms with Crippen molar-refractivity contribution in [2.75, 3.05) is 0 Å². The fraction of sp³-hybridized carbons (Fsp3) is 0.321. The van der Waals surface area contributed by atoms with Crippen LogP contribution in [0.5, 0.6) is 0 Å². The van der Waals surface area contributed by atoms with Gasteiger partial charge in [-0.2, -0.15) is 5.10 Å². The highest BCUT2D eigenvalue weighted by molar-refractivity contribution is 5.98. The Morgan fingerprint density at radius 1 is 0.970 bits per heavy atom. The standard InChI is InChI=1S/C28H29N5/c1-32-17-23(16-31-32)27-12-11-20(15-29-27)13-21-14-22-18-33(24-7-3-2-4-8-24)19-30-28(22)26-10-6-5-9-25(21)26/h5-6,9-12,14-17,19,24H,2-4,7-8,13,18H2,1H3. The topological polar surface area (TPSA) is 46.3 Å². The van der Waals surface area contributed by atoms with Gasteiger partial charge in [0, 0.05) is 43.0 Å². The van der Waals surface area contributed by atoms with Crippen LogP contribution in [0.4, 0.5) is 5.69 Å². The number of aliphatic imine (C=N–C) groups is 1. The molecule has 5 heteroatoms. The van der Waals surface area contributed by atoms with Crippen molar-refractivity contribution in [2.45, 2.75) is 51.1 Å².